The second kappa shape index (κ2) is 8.90. The van der Waals surface area contributed by atoms with Crippen LogP contribution >= 0.6 is 11.3 Å². The molecule has 4 rings (SSSR count). The van der Waals surface area contributed by atoms with Crippen LogP contribution in [0.3, 0.4) is 0 Å². The zero-order valence-electron chi connectivity index (χ0n) is 18.1. The Labute approximate surface area is 183 Å². The molecule has 30 heavy (non-hydrogen) atoms. The number of amides is 2. The molecule has 1 aromatic carbocycles. The minimum Gasteiger partial charge on any atom is -0.338 e. The first kappa shape index (κ1) is 21.1. The number of rotatable bonds is 4. The largest absolute Gasteiger partial charge is 0.338 e. The van der Waals surface area contributed by atoms with Gasteiger partial charge in [0.1, 0.15) is 0 Å². The van der Waals surface area contributed by atoms with Crippen LogP contribution in [-0.2, 0) is 16.0 Å². The highest BCUT2D eigenvalue weighted by Crippen LogP contribution is 2.37. The quantitative estimate of drug-likeness (QED) is 0.753. The van der Waals surface area contributed by atoms with Gasteiger partial charge in [0, 0.05) is 43.5 Å². The van der Waals surface area contributed by atoms with Crippen molar-refractivity contribution in [2.75, 3.05) is 32.7 Å². The van der Waals surface area contributed by atoms with E-state index in [1.165, 1.54) is 21.6 Å². The number of fused-ring (bicyclic) bond motifs is 1. The van der Waals surface area contributed by atoms with E-state index in [1.807, 2.05) is 35.0 Å². The van der Waals surface area contributed by atoms with Gasteiger partial charge in [0.25, 0.3) is 0 Å². The minimum atomic E-state index is 0.0767. The average Bonchev–Trinajstić information content (AvgIpc) is 3.22. The fourth-order valence-electron chi connectivity index (χ4n) is 4.71. The molecular weight excluding hydrogens is 394 g/mol. The second-order valence-corrected chi connectivity index (χ2v) is 9.46. The number of hydrogen-bond donors (Lipinski definition) is 0. The molecule has 0 aliphatic carbocycles. The standard InChI is InChI=1S/C24H31N3O2S/c1-4-22(28)27-13-12-25(15-18(27)3)23(29)16-26-11-9-21-20(10-14-30-21)24(26)19-7-5-17(2)6-8-19/h5-8,10,14,18,24H,4,9,11-13,15-16H2,1-3H3/t18-,24-/m1/s1. The van der Waals surface area contributed by atoms with Gasteiger partial charge in [-0.15, -0.1) is 11.3 Å². The van der Waals surface area contributed by atoms with Crippen LogP contribution in [0.5, 0.6) is 0 Å². The first-order chi connectivity index (χ1) is 14.5. The summed E-state index contributed by atoms with van der Waals surface area (Å²) < 4.78 is 0. The fraction of sp³-hybridized carbons (Fsp3) is 0.500. The van der Waals surface area contributed by atoms with Crippen LogP contribution in [0.4, 0.5) is 0 Å². The maximum Gasteiger partial charge on any atom is 0.236 e. The van der Waals surface area contributed by atoms with Crippen LogP contribution < -0.4 is 0 Å². The van der Waals surface area contributed by atoms with E-state index < -0.39 is 0 Å². The minimum absolute atomic E-state index is 0.0767. The Balaban J connectivity index is 1.50. The SMILES string of the molecule is CCC(=O)N1CCN(C(=O)CN2CCc3sccc3[C@H]2c2ccc(C)cc2)C[C@H]1C. The van der Waals surface area contributed by atoms with Crippen LogP contribution in [-0.4, -0.2) is 65.3 Å². The molecule has 0 N–H and O–H groups in total. The zero-order valence-corrected chi connectivity index (χ0v) is 19.0. The normalized spacial score (nSPS) is 22.1. The van der Waals surface area contributed by atoms with Gasteiger partial charge in [-0.2, -0.15) is 0 Å². The molecule has 3 heterocycles. The molecule has 0 saturated carbocycles. The van der Waals surface area contributed by atoms with Crippen molar-refractivity contribution in [1.29, 1.82) is 0 Å². The third kappa shape index (κ3) is 4.16. The molecule has 2 atom stereocenters. The summed E-state index contributed by atoms with van der Waals surface area (Å²) in [7, 11) is 0. The Kier molecular flexibility index (Phi) is 6.25. The average molecular weight is 426 g/mol. The van der Waals surface area contributed by atoms with E-state index in [9.17, 15) is 9.59 Å². The van der Waals surface area contributed by atoms with Gasteiger partial charge >= 0.3 is 0 Å². The van der Waals surface area contributed by atoms with Gasteiger partial charge in [-0.05, 0) is 42.8 Å². The van der Waals surface area contributed by atoms with Crippen molar-refractivity contribution in [3.8, 4) is 0 Å². The van der Waals surface area contributed by atoms with Gasteiger partial charge < -0.3 is 9.80 Å². The van der Waals surface area contributed by atoms with Gasteiger partial charge in [-0.1, -0.05) is 36.8 Å². The van der Waals surface area contributed by atoms with Crippen LogP contribution in [0.1, 0.15) is 47.9 Å². The maximum absolute atomic E-state index is 13.2. The van der Waals surface area contributed by atoms with Gasteiger partial charge in [-0.3, -0.25) is 14.5 Å². The zero-order chi connectivity index (χ0) is 21.3. The predicted molar refractivity (Wildman–Crippen MR) is 121 cm³/mol. The van der Waals surface area contributed by atoms with Crippen LogP contribution in [0.25, 0.3) is 0 Å². The van der Waals surface area contributed by atoms with E-state index in [4.69, 9.17) is 0 Å². The van der Waals surface area contributed by atoms with Crippen LogP contribution in [0, 0.1) is 6.92 Å². The summed E-state index contributed by atoms with van der Waals surface area (Å²) >= 11 is 1.82. The van der Waals surface area contributed by atoms with Crippen LogP contribution in [0.2, 0.25) is 0 Å². The maximum atomic E-state index is 13.2. The van der Waals surface area contributed by atoms with E-state index in [-0.39, 0.29) is 23.9 Å². The number of aryl methyl sites for hydroxylation is 1. The summed E-state index contributed by atoms with van der Waals surface area (Å²) in [5.74, 6) is 0.344. The Hall–Kier alpha value is -2.18. The summed E-state index contributed by atoms with van der Waals surface area (Å²) in [4.78, 5) is 32.9. The number of benzene rings is 1. The molecule has 5 nitrogen and oxygen atoms in total. The monoisotopic (exact) mass is 425 g/mol. The molecule has 6 heteroatoms. The molecule has 0 bridgehead atoms. The highest BCUT2D eigenvalue weighted by molar-refractivity contribution is 7.10. The molecular formula is C24H31N3O2S. The van der Waals surface area contributed by atoms with Crippen molar-refractivity contribution in [2.45, 2.75) is 45.7 Å². The summed E-state index contributed by atoms with van der Waals surface area (Å²) in [6.45, 7) is 9.23. The van der Waals surface area contributed by atoms with E-state index in [1.54, 1.807) is 0 Å². The molecule has 0 spiro atoms. The summed E-state index contributed by atoms with van der Waals surface area (Å²) in [5, 5.41) is 2.17. The van der Waals surface area contributed by atoms with Gasteiger partial charge in [0.15, 0.2) is 0 Å². The van der Waals surface area contributed by atoms with Gasteiger partial charge in [0.2, 0.25) is 11.8 Å². The van der Waals surface area contributed by atoms with Crippen molar-refractivity contribution in [3.63, 3.8) is 0 Å². The lowest BCUT2D eigenvalue weighted by Crippen LogP contribution is -2.57. The molecule has 0 unspecified atom stereocenters. The molecule has 2 aliphatic rings. The second-order valence-electron chi connectivity index (χ2n) is 8.46. The lowest BCUT2D eigenvalue weighted by atomic mass is 9.92. The Morgan fingerprint density at radius 3 is 2.53 bits per heavy atom. The molecule has 0 radical (unpaired) electrons. The predicted octanol–water partition coefficient (Wildman–Crippen LogP) is 3.47. The van der Waals surface area contributed by atoms with E-state index in [0.717, 1.165) is 13.0 Å². The Bertz CT molecular complexity index is 907. The van der Waals surface area contributed by atoms with Crippen molar-refractivity contribution < 1.29 is 9.59 Å². The Morgan fingerprint density at radius 1 is 1.07 bits per heavy atom. The molecule has 160 valence electrons. The Morgan fingerprint density at radius 2 is 1.83 bits per heavy atom. The first-order valence-electron chi connectivity index (χ1n) is 10.9. The molecule has 1 fully saturated rings. The van der Waals surface area contributed by atoms with Crippen LogP contribution in [0.15, 0.2) is 35.7 Å². The van der Waals surface area contributed by atoms with E-state index >= 15 is 0 Å². The topological polar surface area (TPSA) is 43.9 Å². The first-order valence-corrected chi connectivity index (χ1v) is 11.8. The third-order valence-corrected chi connectivity index (χ3v) is 7.40. The molecule has 1 aromatic heterocycles. The van der Waals surface area contributed by atoms with Gasteiger partial charge in [0.05, 0.1) is 12.6 Å². The van der Waals surface area contributed by atoms with Crippen molar-refractivity contribution in [3.05, 3.63) is 57.3 Å². The van der Waals surface area contributed by atoms with Crippen molar-refractivity contribution in [1.82, 2.24) is 14.7 Å². The number of hydrogen-bond acceptors (Lipinski definition) is 4. The fourth-order valence-corrected chi connectivity index (χ4v) is 5.61. The number of carbonyl (C=O) groups is 2. The molecule has 2 amide bonds. The van der Waals surface area contributed by atoms with E-state index in [0.29, 0.717) is 32.6 Å². The number of carbonyl (C=O) groups excluding carboxylic acids is 2. The number of piperazine rings is 1. The van der Waals surface area contributed by atoms with Gasteiger partial charge in [-0.25, -0.2) is 0 Å². The lowest BCUT2D eigenvalue weighted by Gasteiger charge is -2.42. The number of thiophene rings is 1. The molecule has 1 saturated heterocycles. The summed E-state index contributed by atoms with van der Waals surface area (Å²) in [5.41, 5.74) is 3.84. The van der Waals surface area contributed by atoms with Crippen molar-refractivity contribution >= 4 is 23.2 Å². The molecule has 2 aromatic rings. The summed E-state index contributed by atoms with van der Waals surface area (Å²) in [6.07, 6.45) is 1.52. The summed E-state index contributed by atoms with van der Waals surface area (Å²) in [6, 6.07) is 11.1. The third-order valence-electron chi connectivity index (χ3n) is 6.40. The number of nitrogens with zero attached hydrogens (tertiary/aromatic N) is 3. The highest BCUT2D eigenvalue weighted by Gasteiger charge is 2.34. The van der Waals surface area contributed by atoms with E-state index in [2.05, 4.69) is 47.5 Å². The highest BCUT2D eigenvalue weighted by atomic mass is 32.1. The lowest BCUT2D eigenvalue weighted by molar-refractivity contribution is -0.143. The molecule has 2 aliphatic heterocycles. The van der Waals surface area contributed by atoms with Crippen molar-refractivity contribution in [2.24, 2.45) is 0 Å². The smallest absolute Gasteiger partial charge is 0.236 e.